The fraction of sp³-hybridized carbons (Fsp3) is 0. The molecule has 4 heteroatoms. The molecule has 0 aliphatic rings. The molecular weight excluding hydrogens is 155 g/mol. The number of hydrogen-bond donors (Lipinski definition) is 1. The van der Waals surface area contributed by atoms with Crippen molar-refractivity contribution in [1.82, 2.24) is 6.15 Å². The van der Waals surface area contributed by atoms with E-state index in [1.807, 2.05) is 0 Å². The lowest BCUT2D eigenvalue weighted by Crippen LogP contribution is -1.89. The molecule has 1 aromatic rings. The summed E-state index contributed by atoms with van der Waals surface area (Å²) in [5.41, 5.74) is -0.266. The predicted molar refractivity (Wildman–Crippen MR) is 35.8 cm³/mol. The fourth-order valence-electron chi connectivity index (χ4n) is 0.609. The topological polar surface area (TPSA) is 35.0 Å². The van der Waals surface area contributed by atoms with Gasteiger partial charge in [-0.25, -0.2) is 13.2 Å². The van der Waals surface area contributed by atoms with Crippen molar-refractivity contribution in [3.05, 3.63) is 42.1 Å². The van der Waals surface area contributed by atoms with Crippen LogP contribution in [0, 0.1) is 24.4 Å². The highest BCUT2D eigenvalue weighted by Crippen LogP contribution is 2.12. The zero-order chi connectivity index (χ0) is 7.72. The normalized spacial score (nSPS) is 9.09. The van der Waals surface area contributed by atoms with E-state index in [9.17, 15) is 13.2 Å². The van der Waals surface area contributed by atoms with E-state index in [1.54, 1.807) is 0 Å². The van der Waals surface area contributed by atoms with Gasteiger partial charge in [-0.15, -0.1) is 0 Å². The van der Waals surface area contributed by atoms with E-state index in [2.05, 4.69) is 6.92 Å². The third kappa shape index (κ3) is 1.94. The van der Waals surface area contributed by atoms with E-state index < -0.39 is 17.5 Å². The minimum Gasteiger partial charge on any atom is -0.344 e. The first-order chi connectivity index (χ1) is 4.61. The summed E-state index contributed by atoms with van der Waals surface area (Å²) >= 11 is 0. The van der Waals surface area contributed by atoms with Crippen molar-refractivity contribution in [2.45, 2.75) is 0 Å². The molecule has 0 saturated carbocycles. The van der Waals surface area contributed by atoms with Crippen LogP contribution in [0.4, 0.5) is 13.2 Å². The van der Waals surface area contributed by atoms with Gasteiger partial charge < -0.3 is 6.15 Å². The summed E-state index contributed by atoms with van der Waals surface area (Å²) in [7, 11) is 0. The van der Waals surface area contributed by atoms with Crippen molar-refractivity contribution >= 4 is 0 Å². The lowest BCUT2D eigenvalue weighted by molar-refractivity contribution is 0.492. The van der Waals surface area contributed by atoms with Gasteiger partial charge in [0.1, 0.15) is 5.82 Å². The standard InChI is InChI=1S/C7H4F3.H3N/c1-4-2-5(8)3-6(9)7(4)10;/h2-3H,1H2;1H3. The average molecular weight is 162 g/mol. The maximum absolute atomic E-state index is 12.3. The molecule has 1 aromatic carbocycles. The van der Waals surface area contributed by atoms with Gasteiger partial charge in [0, 0.05) is 6.07 Å². The third-order valence-electron chi connectivity index (χ3n) is 1.07. The third-order valence-corrected chi connectivity index (χ3v) is 1.07. The summed E-state index contributed by atoms with van der Waals surface area (Å²) in [6.45, 7) is 3.09. The van der Waals surface area contributed by atoms with Gasteiger partial charge in [0.2, 0.25) is 0 Å². The molecule has 0 unspecified atom stereocenters. The van der Waals surface area contributed by atoms with Crippen LogP contribution >= 0.6 is 0 Å². The van der Waals surface area contributed by atoms with Crippen molar-refractivity contribution in [3.8, 4) is 0 Å². The molecule has 0 aliphatic heterocycles. The summed E-state index contributed by atoms with van der Waals surface area (Å²) in [6.07, 6.45) is 0. The summed E-state index contributed by atoms with van der Waals surface area (Å²) in [5.74, 6) is -3.12. The lowest BCUT2D eigenvalue weighted by atomic mass is 10.2. The number of rotatable bonds is 0. The van der Waals surface area contributed by atoms with Crippen LogP contribution in [-0.4, -0.2) is 0 Å². The summed E-state index contributed by atoms with van der Waals surface area (Å²) in [5, 5.41) is 0. The van der Waals surface area contributed by atoms with E-state index in [1.165, 1.54) is 0 Å². The van der Waals surface area contributed by atoms with Crippen molar-refractivity contribution < 1.29 is 13.2 Å². The van der Waals surface area contributed by atoms with Crippen molar-refractivity contribution in [2.24, 2.45) is 0 Å². The first kappa shape index (κ1) is 9.97. The van der Waals surface area contributed by atoms with Gasteiger partial charge in [-0.05, 0) is 18.6 Å². The van der Waals surface area contributed by atoms with Gasteiger partial charge >= 0.3 is 0 Å². The van der Waals surface area contributed by atoms with Gasteiger partial charge in [0.05, 0.1) is 0 Å². The molecule has 1 radical (unpaired) electrons. The molecule has 1 nitrogen and oxygen atoms in total. The van der Waals surface area contributed by atoms with Crippen LogP contribution in [0.5, 0.6) is 0 Å². The molecule has 0 aliphatic carbocycles. The Balaban J connectivity index is 0.000001000. The first-order valence-corrected chi connectivity index (χ1v) is 2.58. The molecule has 0 spiro atoms. The highest BCUT2D eigenvalue weighted by molar-refractivity contribution is 5.22. The Kier molecular flexibility index (Phi) is 3.07. The molecule has 0 aromatic heterocycles. The van der Waals surface area contributed by atoms with Crippen LogP contribution in [0.25, 0.3) is 0 Å². The number of benzene rings is 1. The maximum atomic E-state index is 12.3. The Bertz CT molecular complexity index is 237. The molecule has 0 saturated heterocycles. The number of halogens is 3. The zero-order valence-electron chi connectivity index (χ0n) is 5.70. The Morgan fingerprint density at radius 2 is 1.64 bits per heavy atom. The molecule has 1 rings (SSSR count). The molecule has 61 valence electrons. The minimum absolute atomic E-state index is 0. The van der Waals surface area contributed by atoms with E-state index in [4.69, 9.17) is 0 Å². The second-order valence-electron chi connectivity index (χ2n) is 1.86. The molecule has 0 heterocycles. The quantitative estimate of drug-likeness (QED) is 0.584. The van der Waals surface area contributed by atoms with Crippen molar-refractivity contribution in [3.63, 3.8) is 0 Å². The second-order valence-corrected chi connectivity index (χ2v) is 1.86. The van der Waals surface area contributed by atoms with Crippen LogP contribution < -0.4 is 6.15 Å². The molecular formula is C7H7F3N. The largest absolute Gasteiger partial charge is 0.344 e. The van der Waals surface area contributed by atoms with Gasteiger partial charge in [0.15, 0.2) is 11.6 Å². The second kappa shape index (κ2) is 3.39. The molecule has 3 N–H and O–H groups in total. The Morgan fingerprint density at radius 1 is 1.09 bits per heavy atom. The predicted octanol–water partition coefficient (Wildman–Crippen LogP) is 2.45. The first-order valence-electron chi connectivity index (χ1n) is 2.58. The van der Waals surface area contributed by atoms with Crippen LogP contribution in [0.15, 0.2) is 12.1 Å². The highest BCUT2D eigenvalue weighted by Gasteiger charge is 2.05. The van der Waals surface area contributed by atoms with Gasteiger partial charge in [-0.1, -0.05) is 0 Å². The molecule has 0 amide bonds. The highest BCUT2D eigenvalue weighted by atomic mass is 19.2. The Labute approximate surface area is 62.4 Å². The number of hydrogen-bond acceptors (Lipinski definition) is 1. The molecule has 11 heavy (non-hydrogen) atoms. The van der Waals surface area contributed by atoms with Gasteiger partial charge in [-0.3, -0.25) is 0 Å². The summed E-state index contributed by atoms with van der Waals surface area (Å²) in [6, 6.07) is 1.31. The lowest BCUT2D eigenvalue weighted by Gasteiger charge is -1.95. The van der Waals surface area contributed by atoms with E-state index >= 15 is 0 Å². The Morgan fingerprint density at radius 3 is 2.09 bits per heavy atom. The SMILES string of the molecule is N.[CH2]c1cc(F)cc(F)c1F. The average Bonchev–Trinajstić information content (AvgIpc) is 1.82. The smallest absolute Gasteiger partial charge is 0.162 e. The Hall–Kier alpha value is -1.03. The molecule has 0 fully saturated rings. The molecule has 0 atom stereocenters. The minimum atomic E-state index is -1.20. The summed E-state index contributed by atoms with van der Waals surface area (Å²) < 4.78 is 36.7. The van der Waals surface area contributed by atoms with Crippen molar-refractivity contribution in [2.75, 3.05) is 0 Å². The van der Waals surface area contributed by atoms with Gasteiger partial charge in [0.25, 0.3) is 0 Å². The van der Waals surface area contributed by atoms with E-state index in [0.29, 0.717) is 6.07 Å². The van der Waals surface area contributed by atoms with Crippen LogP contribution in [0.3, 0.4) is 0 Å². The maximum Gasteiger partial charge on any atom is 0.162 e. The van der Waals surface area contributed by atoms with Crippen LogP contribution in [0.2, 0.25) is 0 Å². The van der Waals surface area contributed by atoms with E-state index in [0.717, 1.165) is 6.07 Å². The van der Waals surface area contributed by atoms with Gasteiger partial charge in [-0.2, -0.15) is 0 Å². The van der Waals surface area contributed by atoms with E-state index in [-0.39, 0.29) is 11.7 Å². The monoisotopic (exact) mass is 162 g/mol. The fourth-order valence-corrected chi connectivity index (χ4v) is 0.609. The zero-order valence-corrected chi connectivity index (χ0v) is 5.70. The molecule has 0 bridgehead atoms. The summed E-state index contributed by atoms with van der Waals surface area (Å²) in [4.78, 5) is 0. The van der Waals surface area contributed by atoms with Crippen molar-refractivity contribution in [1.29, 1.82) is 0 Å². The van der Waals surface area contributed by atoms with Crippen LogP contribution in [-0.2, 0) is 0 Å². The van der Waals surface area contributed by atoms with Crippen LogP contribution in [0.1, 0.15) is 5.56 Å².